The maximum atomic E-state index is 5.76. The highest BCUT2D eigenvalue weighted by molar-refractivity contribution is 9.11. The normalized spacial score (nSPS) is 10.5. The summed E-state index contributed by atoms with van der Waals surface area (Å²) in [6, 6.07) is 4.14. The fourth-order valence-electron chi connectivity index (χ4n) is 1.54. The number of nitrogens with two attached hydrogens (primary N) is 1. The fourth-order valence-corrected chi connectivity index (χ4v) is 2.74. The molecule has 0 radical (unpaired) electrons. The maximum absolute atomic E-state index is 5.76. The van der Waals surface area contributed by atoms with Crippen molar-refractivity contribution in [1.82, 2.24) is 4.98 Å². The molecule has 2 aromatic heterocycles. The van der Waals surface area contributed by atoms with Gasteiger partial charge in [-0.3, -0.25) is 0 Å². The summed E-state index contributed by atoms with van der Waals surface area (Å²) in [5.74, 6) is 0.944. The SMILES string of the molecule is Cc1cc(N(C)Cc2csc(Br)c2)ncc1N. The Labute approximate surface area is 113 Å². The molecule has 2 aromatic rings. The molecule has 0 fully saturated rings. The zero-order valence-electron chi connectivity index (χ0n) is 9.77. The van der Waals surface area contributed by atoms with Gasteiger partial charge in [-0.25, -0.2) is 4.98 Å². The largest absolute Gasteiger partial charge is 0.397 e. The Kier molecular flexibility index (Phi) is 3.69. The molecule has 2 rings (SSSR count). The van der Waals surface area contributed by atoms with Crippen LogP contribution in [0.1, 0.15) is 11.1 Å². The topological polar surface area (TPSA) is 42.2 Å². The molecule has 5 heteroatoms. The van der Waals surface area contributed by atoms with E-state index in [1.54, 1.807) is 17.5 Å². The van der Waals surface area contributed by atoms with Crippen molar-refractivity contribution in [3.05, 3.63) is 38.6 Å². The number of aromatic nitrogens is 1. The first kappa shape index (κ1) is 12.4. The average molecular weight is 312 g/mol. The van der Waals surface area contributed by atoms with Gasteiger partial charge in [0.1, 0.15) is 5.82 Å². The molecule has 0 amide bonds. The van der Waals surface area contributed by atoms with E-state index < -0.39 is 0 Å². The van der Waals surface area contributed by atoms with Crippen LogP contribution in [-0.4, -0.2) is 12.0 Å². The van der Waals surface area contributed by atoms with Gasteiger partial charge in [-0.2, -0.15) is 0 Å². The van der Waals surface area contributed by atoms with Crippen LogP contribution in [0.25, 0.3) is 0 Å². The Morgan fingerprint density at radius 3 is 2.82 bits per heavy atom. The molecule has 17 heavy (non-hydrogen) atoms. The number of nitrogen functional groups attached to an aromatic ring is 1. The second-order valence-electron chi connectivity index (χ2n) is 4.01. The molecular weight excluding hydrogens is 298 g/mol. The van der Waals surface area contributed by atoms with E-state index in [0.29, 0.717) is 0 Å². The Morgan fingerprint density at radius 2 is 2.24 bits per heavy atom. The molecule has 0 aliphatic carbocycles. The molecule has 90 valence electrons. The monoisotopic (exact) mass is 311 g/mol. The predicted octanol–water partition coefficient (Wildman–Crippen LogP) is 3.43. The summed E-state index contributed by atoms with van der Waals surface area (Å²) < 4.78 is 1.15. The van der Waals surface area contributed by atoms with Crippen LogP contribution < -0.4 is 10.6 Å². The lowest BCUT2D eigenvalue weighted by Crippen LogP contribution is -2.17. The van der Waals surface area contributed by atoms with E-state index in [1.165, 1.54) is 5.56 Å². The molecule has 0 atom stereocenters. The Hall–Kier alpha value is -1.07. The van der Waals surface area contributed by atoms with Gasteiger partial charge in [0.15, 0.2) is 0 Å². The molecule has 3 nitrogen and oxygen atoms in total. The third-order valence-electron chi connectivity index (χ3n) is 2.57. The molecule has 0 bridgehead atoms. The van der Waals surface area contributed by atoms with Crippen molar-refractivity contribution in [3.8, 4) is 0 Å². The van der Waals surface area contributed by atoms with E-state index in [4.69, 9.17) is 5.73 Å². The lowest BCUT2D eigenvalue weighted by Gasteiger charge is -2.18. The van der Waals surface area contributed by atoms with Crippen molar-refractivity contribution >= 4 is 38.8 Å². The van der Waals surface area contributed by atoms with Gasteiger partial charge in [-0.1, -0.05) is 0 Å². The first-order valence-electron chi connectivity index (χ1n) is 5.22. The third kappa shape index (κ3) is 2.98. The van der Waals surface area contributed by atoms with Gasteiger partial charge in [0.2, 0.25) is 0 Å². The molecule has 2 N–H and O–H groups in total. The number of hydrogen-bond donors (Lipinski definition) is 1. The van der Waals surface area contributed by atoms with E-state index in [9.17, 15) is 0 Å². The van der Waals surface area contributed by atoms with Crippen molar-refractivity contribution in [2.45, 2.75) is 13.5 Å². The summed E-state index contributed by atoms with van der Waals surface area (Å²) in [4.78, 5) is 6.45. The number of anilines is 2. The van der Waals surface area contributed by atoms with E-state index in [1.807, 2.05) is 20.0 Å². The Balaban J connectivity index is 2.14. The van der Waals surface area contributed by atoms with Gasteiger partial charge >= 0.3 is 0 Å². The summed E-state index contributed by atoms with van der Waals surface area (Å²) >= 11 is 5.16. The first-order valence-corrected chi connectivity index (χ1v) is 6.89. The summed E-state index contributed by atoms with van der Waals surface area (Å²) in [5, 5.41) is 2.14. The molecule has 0 aliphatic rings. The molecule has 0 aliphatic heterocycles. The van der Waals surface area contributed by atoms with E-state index in [-0.39, 0.29) is 0 Å². The minimum absolute atomic E-state index is 0.737. The van der Waals surface area contributed by atoms with Crippen LogP contribution in [0.2, 0.25) is 0 Å². The zero-order valence-corrected chi connectivity index (χ0v) is 12.2. The Bertz CT molecular complexity index is 524. The molecule has 0 unspecified atom stereocenters. The fraction of sp³-hybridized carbons (Fsp3) is 0.250. The molecule has 2 heterocycles. The quantitative estimate of drug-likeness (QED) is 0.944. The number of pyridine rings is 1. The van der Waals surface area contributed by atoms with Gasteiger partial charge in [0.05, 0.1) is 15.7 Å². The van der Waals surface area contributed by atoms with Crippen LogP contribution in [0.4, 0.5) is 11.5 Å². The number of rotatable bonds is 3. The number of nitrogens with zero attached hydrogens (tertiary/aromatic N) is 2. The first-order chi connectivity index (χ1) is 8.06. The predicted molar refractivity (Wildman–Crippen MR) is 77.5 cm³/mol. The smallest absolute Gasteiger partial charge is 0.128 e. The van der Waals surface area contributed by atoms with Crippen LogP contribution in [0.5, 0.6) is 0 Å². The third-order valence-corrected chi connectivity index (χ3v) is 4.12. The number of halogens is 1. The standard InChI is InChI=1S/C12H14BrN3S/c1-8-3-12(15-5-10(8)14)16(2)6-9-4-11(13)17-7-9/h3-5,7H,6,14H2,1-2H3. The highest BCUT2D eigenvalue weighted by atomic mass is 79.9. The molecular formula is C12H14BrN3S. The van der Waals surface area contributed by atoms with Gasteiger partial charge in [0.25, 0.3) is 0 Å². The van der Waals surface area contributed by atoms with Gasteiger partial charge in [0, 0.05) is 13.6 Å². The van der Waals surface area contributed by atoms with Crippen molar-refractivity contribution in [1.29, 1.82) is 0 Å². The van der Waals surface area contributed by atoms with Crippen LogP contribution in [0.15, 0.2) is 27.5 Å². The minimum Gasteiger partial charge on any atom is -0.397 e. The summed E-state index contributed by atoms with van der Waals surface area (Å²) in [7, 11) is 2.03. The average Bonchev–Trinajstić information content (AvgIpc) is 2.68. The van der Waals surface area contributed by atoms with Crippen LogP contribution in [-0.2, 0) is 6.54 Å². The maximum Gasteiger partial charge on any atom is 0.128 e. The highest BCUT2D eigenvalue weighted by Crippen LogP contribution is 2.23. The lowest BCUT2D eigenvalue weighted by molar-refractivity contribution is 0.900. The van der Waals surface area contributed by atoms with Crippen LogP contribution >= 0.6 is 27.3 Å². The van der Waals surface area contributed by atoms with Crippen molar-refractivity contribution < 1.29 is 0 Å². The van der Waals surface area contributed by atoms with E-state index in [2.05, 4.69) is 37.3 Å². The number of aryl methyl sites for hydroxylation is 1. The summed E-state index contributed by atoms with van der Waals surface area (Å²) in [5.41, 5.74) is 8.84. The summed E-state index contributed by atoms with van der Waals surface area (Å²) in [6.07, 6.45) is 1.71. The Morgan fingerprint density at radius 1 is 1.47 bits per heavy atom. The van der Waals surface area contributed by atoms with Crippen molar-refractivity contribution in [2.24, 2.45) is 0 Å². The molecule has 0 saturated carbocycles. The highest BCUT2D eigenvalue weighted by Gasteiger charge is 2.06. The van der Waals surface area contributed by atoms with Crippen LogP contribution in [0, 0.1) is 6.92 Å². The van der Waals surface area contributed by atoms with E-state index in [0.717, 1.165) is 27.4 Å². The van der Waals surface area contributed by atoms with E-state index >= 15 is 0 Å². The lowest BCUT2D eigenvalue weighted by atomic mass is 10.2. The zero-order chi connectivity index (χ0) is 12.4. The van der Waals surface area contributed by atoms with Gasteiger partial charge in [-0.15, -0.1) is 11.3 Å². The summed E-state index contributed by atoms with van der Waals surface area (Å²) in [6.45, 7) is 2.84. The molecule has 0 spiro atoms. The van der Waals surface area contributed by atoms with Gasteiger partial charge in [-0.05, 0) is 51.5 Å². The van der Waals surface area contributed by atoms with Gasteiger partial charge < -0.3 is 10.6 Å². The van der Waals surface area contributed by atoms with Crippen molar-refractivity contribution in [2.75, 3.05) is 17.7 Å². The molecule has 0 aromatic carbocycles. The minimum atomic E-state index is 0.737. The molecule has 0 saturated heterocycles. The second-order valence-corrected chi connectivity index (χ2v) is 6.30. The van der Waals surface area contributed by atoms with Crippen molar-refractivity contribution in [3.63, 3.8) is 0 Å². The number of hydrogen-bond acceptors (Lipinski definition) is 4. The second kappa shape index (κ2) is 5.06. The number of thiophene rings is 1. The van der Waals surface area contributed by atoms with Crippen LogP contribution in [0.3, 0.4) is 0 Å².